The molecule has 0 spiro atoms. The van der Waals surface area contributed by atoms with Crippen LogP contribution in [0, 0.1) is 5.21 Å². The van der Waals surface area contributed by atoms with Gasteiger partial charge < -0.3 is 10.3 Å². The van der Waals surface area contributed by atoms with Gasteiger partial charge in [0, 0.05) is 6.07 Å². The van der Waals surface area contributed by atoms with Crippen LogP contribution < -0.4 is 10.1 Å². The Bertz CT molecular complexity index is 893. The van der Waals surface area contributed by atoms with Crippen molar-refractivity contribution in [2.24, 2.45) is 5.10 Å². The monoisotopic (exact) mass is 391 g/mol. The molecule has 0 bridgehead atoms. The van der Waals surface area contributed by atoms with Crippen molar-refractivity contribution < 1.29 is 31.4 Å². The number of hydrogen-bond donors (Lipinski definition) is 2. The van der Waals surface area contributed by atoms with E-state index < -0.39 is 46.2 Å². The van der Waals surface area contributed by atoms with Gasteiger partial charge in [-0.25, -0.2) is 0 Å². The molecule has 0 saturated carbocycles. The minimum Gasteiger partial charge on any atom is -0.619 e. The van der Waals surface area contributed by atoms with E-state index in [0.717, 1.165) is 30.3 Å². The molecule has 1 atom stereocenters. The predicted octanol–water partition coefficient (Wildman–Crippen LogP) is 4.16. The topological polar surface area (TPSA) is 67.7 Å². The highest BCUT2D eigenvalue weighted by Gasteiger charge is 2.40. The van der Waals surface area contributed by atoms with E-state index in [1.165, 1.54) is 0 Å². The summed E-state index contributed by atoms with van der Waals surface area (Å²) in [5.74, 6) is -1.07. The zero-order valence-corrected chi connectivity index (χ0v) is 13.3. The first-order chi connectivity index (χ1) is 12.4. The zero-order valence-electron chi connectivity index (χ0n) is 13.3. The number of phenols is 1. The third-order valence-electron chi connectivity index (χ3n) is 3.98. The van der Waals surface area contributed by atoms with Crippen LogP contribution in [-0.4, -0.2) is 17.6 Å². The van der Waals surface area contributed by atoms with Crippen LogP contribution in [0.15, 0.2) is 47.6 Å². The van der Waals surface area contributed by atoms with Gasteiger partial charge in [0.2, 0.25) is 0 Å². The summed E-state index contributed by atoms with van der Waals surface area (Å²) in [4.78, 5) is 0. The first kappa shape index (κ1) is 19.0. The minimum absolute atomic E-state index is 0.0280. The smallest absolute Gasteiger partial charge is 0.416 e. The second-order valence-corrected chi connectivity index (χ2v) is 5.77. The molecular formula is C16H11F6N3O2. The Morgan fingerprint density at radius 1 is 0.926 bits per heavy atom. The van der Waals surface area contributed by atoms with Crippen LogP contribution >= 0.6 is 0 Å². The number of benzene rings is 2. The van der Waals surface area contributed by atoms with Crippen molar-refractivity contribution in [1.82, 2.24) is 10.1 Å². The number of amidine groups is 1. The number of nitrogens with one attached hydrogen (secondary N) is 1. The molecule has 1 unspecified atom stereocenters. The van der Waals surface area contributed by atoms with Crippen LogP contribution in [0.4, 0.5) is 32.0 Å². The summed E-state index contributed by atoms with van der Waals surface area (Å²) >= 11 is 0. The molecule has 1 heterocycles. The van der Waals surface area contributed by atoms with Crippen LogP contribution in [0.1, 0.15) is 16.7 Å². The normalized spacial score (nSPS) is 20.3. The molecule has 5 nitrogen and oxygen atoms in total. The predicted molar refractivity (Wildman–Crippen MR) is 84.3 cm³/mol. The van der Waals surface area contributed by atoms with Crippen LogP contribution in [0.3, 0.4) is 0 Å². The van der Waals surface area contributed by atoms with Crippen LogP contribution in [0.25, 0.3) is 0 Å². The SMILES string of the molecule is [O-][N+]1(c2cc(C(F)(F)F)ccc2O)CNN=C1c1ccc(C(F)(F)F)cc1. The standard InChI is InChI=1S/C16H11F6N3O2/c17-15(18,19)10-3-1-9(2-4-10)14-24-23-8-25(14,27)12-7-11(16(20,21)22)5-6-13(12)26/h1-7,23,26H,8H2. The highest BCUT2D eigenvalue weighted by Crippen LogP contribution is 2.40. The van der Waals surface area contributed by atoms with E-state index >= 15 is 0 Å². The number of nitrogens with zero attached hydrogens (tertiary/aromatic N) is 2. The largest absolute Gasteiger partial charge is 0.619 e. The molecule has 0 aliphatic carbocycles. The maximum absolute atomic E-state index is 13.2. The van der Waals surface area contributed by atoms with Gasteiger partial charge in [0.25, 0.3) is 5.84 Å². The van der Waals surface area contributed by atoms with Gasteiger partial charge in [-0.3, -0.25) is 10.1 Å². The van der Waals surface area contributed by atoms with E-state index in [1.807, 2.05) is 0 Å². The molecule has 1 aliphatic rings. The van der Waals surface area contributed by atoms with Gasteiger partial charge >= 0.3 is 12.4 Å². The summed E-state index contributed by atoms with van der Waals surface area (Å²) in [5.41, 5.74) is -0.441. The maximum atomic E-state index is 13.2. The van der Waals surface area contributed by atoms with Gasteiger partial charge in [0.15, 0.2) is 18.1 Å². The first-order valence-electron chi connectivity index (χ1n) is 7.41. The van der Waals surface area contributed by atoms with Crippen molar-refractivity contribution in [2.75, 3.05) is 6.67 Å². The molecule has 2 aromatic carbocycles. The maximum Gasteiger partial charge on any atom is 0.416 e. The average molecular weight is 391 g/mol. The number of hydrogen-bond acceptors (Lipinski definition) is 4. The Morgan fingerprint density at radius 3 is 2.04 bits per heavy atom. The molecular weight excluding hydrogens is 380 g/mol. The van der Waals surface area contributed by atoms with Gasteiger partial charge in [0.1, 0.15) is 0 Å². The zero-order chi connectivity index (χ0) is 20.0. The lowest BCUT2D eigenvalue weighted by Crippen LogP contribution is -2.48. The molecule has 27 heavy (non-hydrogen) atoms. The Kier molecular flexibility index (Phi) is 4.31. The molecule has 0 amide bonds. The van der Waals surface area contributed by atoms with Crippen molar-refractivity contribution in [3.05, 3.63) is 64.4 Å². The highest BCUT2D eigenvalue weighted by molar-refractivity contribution is 6.08. The number of quaternary nitrogens is 1. The van der Waals surface area contributed by atoms with Gasteiger partial charge in [-0.1, -0.05) is 0 Å². The molecule has 3 rings (SSSR count). The van der Waals surface area contributed by atoms with E-state index in [4.69, 9.17) is 0 Å². The summed E-state index contributed by atoms with van der Waals surface area (Å²) in [5, 5.41) is 26.9. The second kappa shape index (κ2) is 6.13. The Balaban J connectivity index is 2.05. The molecule has 0 saturated heterocycles. The Labute approximate surface area is 148 Å². The minimum atomic E-state index is -4.75. The number of halogens is 6. The summed E-state index contributed by atoms with van der Waals surface area (Å²) < 4.78 is 75.2. The fourth-order valence-corrected chi connectivity index (χ4v) is 2.64. The number of hydrazone groups is 1. The summed E-state index contributed by atoms with van der Waals surface area (Å²) in [7, 11) is 0. The lowest BCUT2D eigenvalue weighted by Gasteiger charge is -2.37. The van der Waals surface area contributed by atoms with E-state index in [2.05, 4.69) is 10.5 Å². The number of rotatable bonds is 2. The first-order valence-corrected chi connectivity index (χ1v) is 7.41. The summed E-state index contributed by atoms with van der Waals surface area (Å²) in [6.45, 7) is -0.536. The molecule has 0 aromatic heterocycles. The molecule has 11 heteroatoms. The van der Waals surface area contributed by atoms with Gasteiger partial charge in [-0.15, -0.1) is 5.10 Å². The number of aromatic hydroxyl groups is 1. The van der Waals surface area contributed by atoms with Crippen LogP contribution in [0.5, 0.6) is 5.75 Å². The fraction of sp³-hybridized carbons (Fsp3) is 0.188. The quantitative estimate of drug-likeness (QED) is 0.459. The van der Waals surface area contributed by atoms with Crippen molar-refractivity contribution in [2.45, 2.75) is 12.4 Å². The molecule has 0 radical (unpaired) electrons. The van der Waals surface area contributed by atoms with Crippen LogP contribution in [0.2, 0.25) is 0 Å². The third kappa shape index (κ3) is 3.43. The number of alkyl halides is 6. The lowest BCUT2D eigenvalue weighted by atomic mass is 10.1. The third-order valence-corrected chi connectivity index (χ3v) is 3.98. The van der Waals surface area contributed by atoms with Gasteiger partial charge in [0.05, 0.1) is 16.7 Å². The number of phenolic OH excluding ortho intramolecular Hbond substituents is 1. The Morgan fingerprint density at radius 2 is 1.48 bits per heavy atom. The van der Waals surface area contributed by atoms with E-state index in [1.54, 1.807) is 0 Å². The molecule has 2 aromatic rings. The summed E-state index contributed by atoms with van der Waals surface area (Å²) in [6, 6.07) is 5.28. The van der Waals surface area contributed by atoms with E-state index in [9.17, 15) is 36.7 Å². The molecule has 2 N–H and O–H groups in total. The second-order valence-electron chi connectivity index (χ2n) is 5.77. The lowest BCUT2D eigenvalue weighted by molar-refractivity contribution is -0.138. The van der Waals surface area contributed by atoms with Crippen molar-refractivity contribution in [3.8, 4) is 5.75 Å². The fourth-order valence-electron chi connectivity index (χ4n) is 2.64. The average Bonchev–Trinajstić information content (AvgIpc) is 2.96. The van der Waals surface area contributed by atoms with Crippen LogP contribution in [-0.2, 0) is 12.4 Å². The van der Waals surface area contributed by atoms with E-state index in [-0.39, 0.29) is 11.4 Å². The van der Waals surface area contributed by atoms with Crippen molar-refractivity contribution in [1.29, 1.82) is 0 Å². The molecule has 0 fully saturated rings. The van der Waals surface area contributed by atoms with Crippen molar-refractivity contribution >= 4 is 11.5 Å². The highest BCUT2D eigenvalue weighted by atomic mass is 19.4. The number of hydroxylamine groups is 2. The van der Waals surface area contributed by atoms with Crippen molar-refractivity contribution in [3.63, 3.8) is 0 Å². The van der Waals surface area contributed by atoms with E-state index in [0.29, 0.717) is 12.1 Å². The molecule has 1 aliphatic heterocycles. The van der Waals surface area contributed by atoms with Gasteiger partial charge in [-0.2, -0.15) is 26.3 Å². The van der Waals surface area contributed by atoms with Gasteiger partial charge in [-0.05, 0) is 36.4 Å². The Hall–Kier alpha value is -2.79. The summed E-state index contributed by atoms with van der Waals surface area (Å²) in [6.07, 6.45) is -9.34. The molecule has 144 valence electrons.